The summed E-state index contributed by atoms with van der Waals surface area (Å²) in [6, 6.07) is 19.1. The van der Waals surface area contributed by atoms with E-state index in [1.54, 1.807) is 14.2 Å². The van der Waals surface area contributed by atoms with E-state index in [-0.39, 0.29) is 0 Å². The Morgan fingerprint density at radius 1 is 0.737 bits per heavy atom. The molecule has 0 bridgehead atoms. The lowest BCUT2D eigenvalue weighted by molar-refractivity contribution is 0.292. The highest BCUT2D eigenvalue weighted by atomic mass is 28.3. The van der Waals surface area contributed by atoms with E-state index < -0.39 is 9.28 Å². The summed E-state index contributed by atoms with van der Waals surface area (Å²) in [5.74, 6) is 0. The van der Waals surface area contributed by atoms with E-state index in [0.29, 0.717) is 0 Å². The molecule has 0 saturated heterocycles. The van der Waals surface area contributed by atoms with E-state index in [4.69, 9.17) is 8.85 Å². The Morgan fingerprint density at radius 3 is 2.05 bits per heavy atom. The zero-order valence-corrected chi connectivity index (χ0v) is 12.0. The van der Waals surface area contributed by atoms with Crippen LogP contribution in [-0.2, 0) is 8.85 Å². The van der Waals surface area contributed by atoms with Gasteiger partial charge in [-0.25, -0.2) is 0 Å². The molecule has 2 nitrogen and oxygen atoms in total. The fourth-order valence-electron chi connectivity index (χ4n) is 2.45. The number of hydrogen-bond donors (Lipinski definition) is 0. The van der Waals surface area contributed by atoms with Crippen LogP contribution >= 0.6 is 0 Å². The predicted molar refractivity (Wildman–Crippen MR) is 80.9 cm³/mol. The van der Waals surface area contributed by atoms with Crippen molar-refractivity contribution in [3.63, 3.8) is 0 Å². The van der Waals surface area contributed by atoms with Crippen molar-refractivity contribution in [3.8, 4) is 0 Å². The highest BCUT2D eigenvalue weighted by Gasteiger charge is 2.18. The summed E-state index contributed by atoms with van der Waals surface area (Å²) in [5.41, 5.74) is 0. The molecule has 0 atom stereocenters. The maximum atomic E-state index is 5.49. The van der Waals surface area contributed by atoms with Gasteiger partial charge in [0, 0.05) is 19.4 Å². The standard InChI is InChI=1S/C16H15O2Si/c1-17-19(18-2)16-9-5-8-14-10-12-6-3-4-7-13(12)11-15(14)16/h3-11H,1-2H3. The van der Waals surface area contributed by atoms with Crippen LogP contribution in [0.3, 0.4) is 0 Å². The van der Waals surface area contributed by atoms with E-state index in [2.05, 4.69) is 54.6 Å². The lowest BCUT2D eigenvalue weighted by Gasteiger charge is -2.13. The maximum Gasteiger partial charge on any atom is 0.423 e. The van der Waals surface area contributed by atoms with Crippen molar-refractivity contribution in [3.05, 3.63) is 54.6 Å². The zero-order valence-electron chi connectivity index (χ0n) is 11.0. The van der Waals surface area contributed by atoms with Crippen LogP contribution in [0.1, 0.15) is 0 Å². The molecule has 0 aliphatic carbocycles. The van der Waals surface area contributed by atoms with Crippen LogP contribution in [0.2, 0.25) is 0 Å². The lowest BCUT2D eigenvalue weighted by atomic mass is 10.0. The zero-order chi connectivity index (χ0) is 13.2. The lowest BCUT2D eigenvalue weighted by Crippen LogP contribution is -2.35. The third-order valence-electron chi connectivity index (χ3n) is 3.34. The van der Waals surface area contributed by atoms with Crippen molar-refractivity contribution in [2.75, 3.05) is 14.2 Å². The minimum Gasteiger partial charge on any atom is -0.393 e. The fourth-order valence-corrected chi connectivity index (χ4v) is 3.72. The fraction of sp³-hybridized carbons (Fsp3) is 0.125. The predicted octanol–water partition coefficient (Wildman–Crippen LogP) is 2.98. The molecule has 0 aliphatic heterocycles. The molecule has 0 unspecified atom stereocenters. The molecule has 3 heteroatoms. The van der Waals surface area contributed by atoms with Gasteiger partial charge in [-0.15, -0.1) is 0 Å². The minimum absolute atomic E-state index is 1.17. The van der Waals surface area contributed by atoms with Gasteiger partial charge in [0.1, 0.15) is 0 Å². The monoisotopic (exact) mass is 267 g/mol. The molecule has 0 aromatic heterocycles. The number of rotatable bonds is 3. The summed E-state index contributed by atoms with van der Waals surface area (Å²) in [6.45, 7) is 0. The Bertz CT molecular complexity index is 720. The number of benzene rings is 3. The Kier molecular flexibility index (Phi) is 3.34. The van der Waals surface area contributed by atoms with E-state index in [0.717, 1.165) is 0 Å². The highest BCUT2D eigenvalue weighted by Crippen LogP contribution is 2.21. The summed E-state index contributed by atoms with van der Waals surface area (Å²) >= 11 is 0. The van der Waals surface area contributed by atoms with Gasteiger partial charge < -0.3 is 8.85 Å². The molecule has 1 radical (unpaired) electrons. The van der Waals surface area contributed by atoms with E-state index in [1.807, 2.05) is 0 Å². The van der Waals surface area contributed by atoms with Crippen molar-refractivity contribution < 1.29 is 8.85 Å². The van der Waals surface area contributed by atoms with Crippen LogP contribution in [0.15, 0.2) is 54.6 Å². The Hall–Kier alpha value is -1.68. The molecule has 3 rings (SSSR count). The molecule has 0 aliphatic rings. The Labute approximate surface area is 114 Å². The number of fused-ring (bicyclic) bond motifs is 2. The second-order valence-corrected chi connectivity index (χ2v) is 6.35. The smallest absolute Gasteiger partial charge is 0.393 e. The largest absolute Gasteiger partial charge is 0.423 e. The van der Waals surface area contributed by atoms with Crippen LogP contribution in [0.4, 0.5) is 0 Å². The van der Waals surface area contributed by atoms with Crippen molar-refractivity contribution in [2.24, 2.45) is 0 Å². The first-order valence-electron chi connectivity index (χ1n) is 6.20. The topological polar surface area (TPSA) is 18.5 Å². The van der Waals surface area contributed by atoms with Crippen LogP contribution < -0.4 is 5.19 Å². The molecular formula is C16H15O2Si. The normalized spacial score (nSPS) is 11.5. The van der Waals surface area contributed by atoms with Crippen molar-refractivity contribution in [2.45, 2.75) is 0 Å². The van der Waals surface area contributed by atoms with Crippen LogP contribution in [0.25, 0.3) is 21.5 Å². The van der Waals surface area contributed by atoms with Gasteiger partial charge >= 0.3 is 9.28 Å². The summed E-state index contributed by atoms with van der Waals surface area (Å²) in [6.07, 6.45) is 0. The second-order valence-electron chi connectivity index (χ2n) is 4.42. The van der Waals surface area contributed by atoms with Gasteiger partial charge in [-0.2, -0.15) is 0 Å². The highest BCUT2D eigenvalue weighted by molar-refractivity contribution is 6.64. The summed E-state index contributed by atoms with van der Waals surface area (Å²) in [7, 11) is 2.02. The van der Waals surface area contributed by atoms with Gasteiger partial charge in [0.25, 0.3) is 0 Å². The molecule has 0 heterocycles. The van der Waals surface area contributed by atoms with Gasteiger partial charge in [0.15, 0.2) is 0 Å². The molecule has 0 saturated carbocycles. The Morgan fingerprint density at radius 2 is 1.37 bits per heavy atom. The summed E-state index contributed by atoms with van der Waals surface area (Å²) < 4.78 is 11.0. The minimum atomic E-state index is -1.39. The van der Waals surface area contributed by atoms with Crippen molar-refractivity contribution in [1.82, 2.24) is 0 Å². The molecule has 0 amide bonds. The molecule has 3 aromatic carbocycles. The average Bonchev–Trinajstić information content (AvgIpc) is 2.46. The average molecular weight is 267 g/mol. The third kappa shape index (κ3) is 2.16. The quantitative estimate of drug-likeness (QED) is 0.536. The number of hydrogen-bond acceptors (Lipinski definition) is 2. The van der Waals surface area contributed by atoms with Gasteiger partial charge in [-0.05, 0) is 33.7 Å². The summed E-state index contributed by atoms with van der Waals surface area (Å²) in [5, 5.41) is 6.12. The van der Waals surface area contributed by atoms with Gasteiger partial charge in [-0.1, -0.05) is 42.5 Å². The summed E-state index contributed by atoms with van der Waals surface area (Å²) in [4.78, 5) is 0. The van der Waals surface area contributed by atoms with Crippen LogP contribution in [-0.4, -0.2) is 23.5 Å². The van der Waals surface area contributed by atoms with Crippen LogP contribution in [0.5, 0.6) is 0 Å². The molecule has 19 heavy (non-hydrogen) atoms. The molecule has 0 fully saturated rings. The molecule has 3 aromatic rings. The van der Waals surface area contributed by atoms with E-state index in [9.17, 15) is 0 Å². The van der Waals surface area contributed by atoms with Crippen molar-refractivity contribution >= 4 is 36.0 Å². The van der Waals surface area contributed by atoms with Gasteiger partial charge in [-0.3, -0.25) is 0 Å². The SMILES string of the molecule is CO[Si](OC)c1cccc2cc3ccccc3cc12. The van der Waals surface area contributed by atoms with E-state index >= 15 is 0 Å². The van der Waals surface area contributed by atoms with E-state index in [1.165, 1.54) is 26.7 Å². The molecule has 0 spiro atoms. The molecular weight excluding hydrogens is 252 g/mol. The first-order chi connectivity index (χ1) is 9.33. The Balaban J connectivity index is 2.31. The molecule has 95 valence electrons. The third-order valence-corrected chi connectivity index (χ3v) is 4.95. The van der Waals surface area contributed by atoms with Gasteiger partial charge in [0.2, 0.25) is 0 Å². The first kappa shape index (κ1) is 12.4. The van der Waals surface area contributed by atoms with Crippen molar-refractivity contribution in [1.29, 1.82) is 0 Å². The maximum absolute atomic E-state index is 5.49. The van der Waals surface area contributed by atoms with Crippen LogP contribution in [0, 0.1) is 0 Å². The second kappa shape index (κ2) is 5.13. The molecule has 0 N–H and O–H groups in total. The van der Waals surface area contributed by atoms with Gasteiger partial charge in [0.05, 0.1) is 0 Å². The first-order valence-corrected chi connectivity index (χ1v) is 7.52.